The lowest BCUT2D eigenvalue weighted by Crippen LogP contribution is -2.47. The van der Waals surface area contributed by atoms with Gasteiger partial charge in [-0.1, -0.05) is 6.07 Å². The molecule has 0 bridgehead atoms. The molecule has 0 unspecified atom stereocenters. The molecule has 0 saturated carbocycles. The Hall–Kier alpha value is -2.55. The molecule has 0 radical (unpaired) electrons. The van der Waals surface area contributed by atoms with Crippen LogP contribution in [0.4, 0.5) is 10.5 Å². The third-order valence-corrected chi connectivity index (χ3v) is 3.39. The van der Waals surface area contributed by atoms with Gasteiger partial charge in [-0.25, -0.2) is 4.79 Å². The Labute approximate surface area is 123 Å². The Bertz CT molecular complexity index is 573. The number of likely N-dealkylation sites (tertiary alicyclic amines) is 1. The van der Waals surface area contributed by atoms with E-state index >= 15 is 0 Å². The Kier molecular flexibility index (Phi) is 4.77. The second-order valence-electron chi connectivity index (χ2n) is 5.05. The summed E-state index contributed by atoms with van der Waals surface area (Å²) in [6, 6.07) is 7.59. The second-order valence-corrected chi connectivity index (χ2v) is 5.05. The van der Waals surface area contributed by atoms with Crippen LogP contribution in [0.2, 0.25) is 0 Å². The molecule has 1 fully saturated rings. The number of carbonyl (C=O) groups is 2. The van der Waals surface area contributed by atoms with Crippen molar-refractivity contribution in [1.29, 1.82) is 5.26 Å². The van der Waals surface area contributed by atoms with E-state index in [1.807, 2.05) is 6.07 Å². The van der Waals surface area contributed by atoms with Gasteiger partial charge in [0, 0.05) is 18.8 Å². The van der Waals surface area contributed by atoms with Gasteiger partial charge in [0.2, 0.25) is 5.91 Å². The Morgan fingerprint density at radius 3 is 2.71 bits per heavy atom. The van der Waals surface area contributed by atoms with Crippen molar-refractivity contribution < 1.29 is 9.59 Å². The summed E-state index contributed by atoms with van der Waals surface area (Å²) in [5.74, 6) is -0.0616. The molecule has 1 heterocycles. The fourth-order valence-electron chi connectivity index (χ4n) is 2.30. The van der Waals surface area contributed by atoms with Crippen molar-refractivity contribution >= 4 is 17.6 Å². The van der Waals surface area contributed by atoms with Gasteiger partial charge in [0.05, 0.1) is 11.6 Å². The zero-order valence-corrected chi connectivity index (χ0v) is 11.9. The average molecular weight is 286 g/mol. The highest BCUT2D eigenvalue weighted by atomic mass is 16.2. The third kappa shape index (κ3) is 3.96. The molecule has 1 aromatic carbocycles. The van der Waals surface area contributed by atoms with Crippen LogP contribution in [0.25, 0.3) is 0 Å². The van der Waals surface area contributed by atoms with E-state index in [2.05, 4.69) is 10.6 Å². The molecule has 110 valence electrons. The molecule has 0 aromatic heterocycles. The summed E-state index contributed by atoms with van der Waals surface area (Å²) in [5, 5.41) is 14.0. The van der Waals surface area contributed by atoms with Crippen molar-refractivity contribution in [1.82, 2.24) is 10.2 Å². The van der Waals surface area contributed by atoms with Gasteiger partial charge in [-0.3, -0.25) is 4.79 Å². The van der Waals surface area contributed by atoms with Crippen LogP contribution in [-0.2, 0) is 4.79 Å². The first-order valence-corrected chi connectivity index (χ1v) is 6.96. The number of carbonyl (C=O) groups excluding carboxylic acids is 2. The van der Waals surface area contributed by atoms with Gasteiger partial charge in [0.1, 0.15) is 6.04 Å². The van der Waals surface area contributed by atoms with Crippen molar-refractivity contribution in [3.8, 4) is 6.07 Å². The topological polar surface area (TPSA) is 85.2 Å². The van der Waals surface area contributed by atoms with E-state index in [1.54, 1.807) is 36.1 Å². The predicted octanol–water partition coefficient (Wildman–Crippen LogP) is 1.69. The fraction of sp³-hybridized carbons (Fsp3) is 0.400. The first-order chi connectivity index (χ1) is 10.1. The summed E-state index contributed by atoms with van der Waals surface area (Å²) in [5.41, 5.74) is 0.987. The van der Waals surface area contributed by atoms with Crippen LogP contribution in [0.5, 0.6) is 0 Å². The van der Waals surface area contributed by atoms with Crippen LogP contribution < -0.4 is 10.6 Å². The molecular weight excluding hydrogens is 268 g/mol. The summed E-state index contributed by atoms with van der Waals surface area (Å²) < 4.78 is 0. The Balaban J connectivity index is 1.88. The fourth-order valence-corrected chi connectivity index (χ4v) is 2.30. The third-order valence-electron chi connectivity index (χ3n) is 3.39. The lowest BCUT2D eigenvalue weighted by Gasteiger charge is -2.21. The maximum Gasteiger partial charge on any atom is 0.319 e. The van der Waals surface area contributed by atoms with Gasteiger partial charge in [0.25, 0.3) is 0 Å². The van der Waals surface area contributed by atoms with Gasteiger partial charge in [-0.05, 0) is 38.0 Å². The van der Waals surface area contributed by atoms with Crippen molar-refractivity contribution in [2.45, 2.75) is 25.8 Å². The number of urea groups is 1. The SMILES string of the molecule is C[C@@H](NC(=O)Nc1cccc(C#N)c1)C(=O)N1CCCC1. The molecule has 2 N–H and O–H groups in total. The smallest absolute Gasteiger partial charge is 0.319 e. The van der Waals surface area contributed by atoms with E-state index in [1.165, 1.54) is 0 Å². The normalized spacial score (nSPS) is 15.1. The van der Waals surface area contributed by atoms with Crippen LogP contribution in [-0.4, -0.2) is 36.0 Å². The zero-order chi connectivity index (χ0) is 15.2. The number of anilines is 1. The highest BCUT2D eigenvalue weighted by Crippen LogP contribution is 2.11. The van der Waals surface area contributed by atoms with Crippen LogP contribution >= 0.6 is 0 Å². The molecule has 0 aliphatic carbocycles. The first kappa shape index (κ1) is 14.9. The lowest BCUT2D eigenvalue weighted by molar-refractivity contribution is -0.131. The van der Waals surface area contributed by atoms with Gasteiger partial charge < -0.3 is 15.5 Å². The van der Waals surface area contributed by atoms with Gasteiger partial charge in [0.15, 0.2) is 0 Å². The molecule has 1 atom stereocenters. The van der Waals surface area contributed by atoms with E-state index in [9.17, 15) is 9.59 Å². The van der Waals surface area contributed by atoms with Crippen molar-refractivity contribution in [2.75, 3.05) is 18.4 Å². The lowest BCUT2D eigenvalue weighted by atomic mass is 10.2. The molecule has 21 heavy (non-hydrogen) atoms. The molecule has 1 saturated heterocycles. The van der Waals surface area contributed by atoms with E-state index in [4.69, 9.17) is 5.26 Å². The number of rotatable bonds is 3. The summed E-state index contributed by atoms with van der Waals surface area (Å²) in [6.07, 6.45) is 2.04. The zero-order valence-electron chi connectivity index (χ0n) is 11.9. The number of hydrogen-bond acceptors (Lipinski definition) is 3. The summed E-state index contributed by atoms with van der Waals surface area (Å²) in [6.45, 7) is 3.19. The summed E-state index contributed by atoms with van der Waals surface area (Å²) in [7, 11) is 0. The average Bonchev–Trinajstić information content (AvgIpc) is 3.00. The minimum absolute atomic E-state index is 0.0616. The van der Waals surface area contributed by atoms with Crippen LogP contribution in [0.1, 0.15) is 25.3 Å². The van der Waals surface area contributed by atoms with E-state index < -0.39 is 12.1 Å². The van der Waals surface area contributed by atoms with Gasteiger partial charge in [-0.15, -0.1) is 0 Å². The highest BCUT2D eigenvalue weighted by molar-refractivity contribution is 5.93. The summed E-state index contributed by atoms with van der Waals surface area (Å²) in [4.78, 5) is 25.7. The van der Waals surface area contributed by atoms with E-state index in [0.29, 0.717) is 11.3 Å². The molecule has 1 aromatic rings. The van der Waals surface area contributed by atoms with Crippen molar-refractivity contribution in [2.24, 2.45) is 0 Å². The van der Waals surface area contributed by atoms with Crippen LogP contribution in [0.15, 0.2) is 24.3 Å². The molecule has 6 nitrogen and oxygen atoms in total. The number of nitrogens with zero attached hydrogens (tertiary/aromatic N) is 2. The number of amides is 3. The molecule has 2 rings (SSSR count). The number of nitrogens with one attached hydrogen (secondary N) is 2. The maximum atomic E-state index is 12.1. The molecule has 1 aliphatic rings. The Morgan fingerprint density at radius 2 is 2.05 bits per heavy atom. The van der Waals surface area contributed by atoms with Gasteiger partial charge >= 0.3 is 6.03 Å². The van der Waals surface area contributed by atoms with E-state index in [0.717, 1.165) is 25.9 Å². The maximum absolute atomic E-state index is 12.1. The molecule has 0 spiro atoms. The standard InChI is InChI=1S/C15H18N4O2/c1-11(14(20)19-7-2-3-8-19)17-15(21)18-13-6-4-5-12(9-13)10-16/h4-6,9,11H,2-3,7-8H2,1H3,(H2,17,18,21)/t11-/m1/s1. The second kappa shape index (κ2) is 6.75. The molecule has 3 amide bonds. The summed E-state index contributed by atoms with van der Waals surface area (Å²) >= 11 is 0. The number of hydrogen-bond donors (Lipinski definition) is 2. The number of nitriles is 1. The van der Waals surface area contributed by atoms with Crippen LogP contribution in [0.3, 0.4) is 0 Å². The largest absolute Gasteiger partial charge is 0.341 e. The van der Waals surface area contributed by atoms with Crippen molar-refractivity contribution in [3.05, 3.63) is 29.8 Å². The van der Waals surface area contributed by atoms with Crippen molar-refractivity contribution in [3.63, 3.8) is 0 Å². The minimum atomic E-state index is -0.567. The van der Waals surface area contributed by atoms with Crippen LogP contribution in [0, 0.1) is 11.3 Å². The monoisotopic (exact) mass is 286 g/mol. The quantitative estimate of drug-likeness (QED) is 0.886. The Morgan fingerprint density at radius 1 is 1.33 bits per heavy atom. The highest BCUT2D eigenvalue weighted by Gasteiger charge is 2.24. The molecule has 1 aliphatic heterocycles. The van der Waals surface area contributed by atoms with E-state index in [-0.39, 0.29) is 5.91 Å². The first-order valence-electron chi connectivity index (χ1n) is 6.96. The number of benzene rings is 1. The minimum Gasteiger partial charge on any atom is -0.341 e. The molecular formula is C15H18N4O2. The predicted molar refractivity (Wildman–Crippen MR) is 78.6 cm³/mol. The molecule has 6 heteroatoms. The van der Waals surface area contributed by atoms with Gasteiger partial charge in [-0.2, -0.15) is 5.26 Å².